The van der Waals surface area contributed by atoms with E-state index in [1.54, 1.807) is 12.1 Å². The Labute approximate surface area is 113 Å². The maximum atomic E-state index is 12.7. The lowest BCUT2D eigenvalue weighted by Crippen LogP contribution is -2.42. The molecule has 17 heavy (non-hydrogen) atoms. The van der Waals surface area contributed by atoms with Gasteiger partial charge in [-0.2, -0.15) is 0 Å². The molecule has 2 heterocycles. The van der Waals surface area contributed by atoms with Crippen LogP contribution in [0.5, 0.6) is 0 Å². The number of piperazine rings is 1. The molecular weight excluding hydrogens is 262 g/mol. The Balaban J connectivity index is 0.000000722. The minimum Gasteiger partial charge on any atom is -0.311 e. The number of hydrogen-bond donors (Lipinski definition) is 1. The fourth-order valence-corrected chi connectivity index (χ4v) is 2.67. The number of nitrogens with one attached hydrogen (secondary N) is 1. The molecule has 2 aliphatic rings. The van der Waals surface area contributed by atoms with Gasteiger partial charge in [-0.05, 0) is 24.1 Å². The molecule has 0 aromatic heterocycles. The van der Waals surface area contributed by atoms with Crippen LogP contribution in [-0.4, -0.2) is 30.1 Å². The molecule has 2 bridgehead atoms. The van der Waals surface area contributed by atoms with Crippen molar-refractivity contribution >= 4 is 24.8 Å². The molecule has 1 aromatic carbocycles. The van der Waals surface area contributed by atoms with Crippen LogP contribution in [0.2, 0.25) is 0 Å². The second-order valence-corrected chi connectivity index (χ2v) is 4.55. The summed E-state index contributed by atoms with van der Waals surface area (Å²) in [5.41, 5.74) is 1.21. The zero-order valence-electron chi connectivity index (χ0n) is 9.43. The molecule has 2 aliphatic heterocycles. The Morgan fingerprint density at radius 3 is 2.47 bits per heavy atom. The second kappa shape index (κ2) is 6.01. The van der Waals surface area contributed by atoms with Gasteiger partial charge in [-0.15, -0.1) is 24.8 Å². The number of likely N-dealkylation sites (tertiary alicyclic amines) is 1. The van der Waals surface area contributed by atoms with E-state index in [0.717, 1.165) is 19.6 Å². The van der Waals surface area contributed by atoms with Crippen molar-refractivity contribution < 1.29 is 4.39 Å². The molecule has 0 amide bonds. The van der Waals surface area contributed by atoms with E-state index in [1.165, 1.54) is 12.0 Å². The molecule has 0 aliphatic carbocycles. The van der Waals surface area contributed by atoms with Crippen LogP contribution in [0.3, 0.4) is 0 Å². The first-order valence-corrected chi connectivity index (χ1v) is 5.53. The summed E-state index contributed by atoms with van der Waals surface area (Å²) in [6, 6.07) is 8.24. The van der Waals surface area contributed by atoms with Crippen molar-refractivity contribution in [3.63, 3.8) is 0 Å². The number of rotatable bonds is 2. The smallest absolute Gasteiger partial charge is 0.123 e. The molecule has 2 fully saturated rings. The fraction of sp³-hybridized carbons (Fsp3) is 0.500. The minimum absolute atomic E-state index is 0. The summed E-state index contributed by atoms with van der Waals surface area (Å²) in [5, 5.41) is 3.48. The van der Waals surface area contributed by atoms with Gasteiger partial charge < -0.3 is 5.32 Å². The van der Waals surface area contributed by atoms with Crippen LogP contribution in [0.4, 0.5) is 4.39 Å². The third-order valence-corrected chi connectivity index (χ3v) is 3.47. The van der Waals surface area contributed by atoms with E-state index in [2.05, 4.69) is 10.2 Å². The van der Waals surface area contributed by atoms with Crippen LogP contribution in [0, 0.1) is 5.82 Å². The Morgan fingerprint density at radius 2 is 1.94 bits per heavy atom. The van der Waals surface area contributed by atoms with Crippen LogP contribution in [0.1, 0.15) is 12.0 Å². The van der Waals surface area contributed by atoms with E-state index in [0.29, 0.717) is 12.1 Å². The first-order chi connectivity index (χ1) is 7.31. The van der Waals surface area contributed by atoms with Crippen LogP contribution >= 0.6 is 24.8 Å². The molecular formula is C12H17Cl2FN2. The average molecular weight is 279 g/mol. The van der Waals surface area contributed by atoms with Crippen molar-refractivity contribution in [3.05, 3.63) is 35.6 Å². The quantitative estimate of drug-likeness (QED) is 0.893. The SMILES string of the molecule is Cl.Cl.Fc1ccc(CN2CC3CC2CN3)cc1. The lowest BCUT2D eigenvalue weighted by Gasteiger charge is -2.27. The van der Waals surface area contributed by atoms with Gasteiger partial charge in [-0.1, -0.05) is 12.1 Å². The van der Waals surface area contributed by atoms with E-state index in [1.807, 2.05) is 12.1 Å². The van der Waals surface area contributed by atoms with Crippen molar-refractivity contribution in [2.45, 2.75) is 25.0 Å². The molecule has 2 atom stereocenters. The highest BCUT2D eigenvalue weighted by molar-refractivity contribution is 5.85. The van der Waals surface area contributed by atoms with Gasteiger partial charge in [-0.25, -0.2) is 4.39 Å². The molecule has 2 nitrogen and oxygen atoms in total. The Hall–Kier alpha value is -0.350. The summed E-state index contributed by atoms with van der Waals surface area (Å²) in [6.07, 6.45) is 1.28. The number of benzene rings is 1. The van der Waals surface area contributed by atoms with Crippen LogP contribution < -0.4 is 5.32 Å². The number of halogens is 3. The summed E-state index contributed by atoms with van der Waals surface area (Å²) in [6.45, 7) is 3.22. The van der Waals surface area contributed by atoms with Gasteiger partial charge >= 0.3 is 0 Å². The summed E-state index contributed by atoms with van der Waals surface area (Å²) < 4.78 is 12.7. The predicted molar refractivity (Wildman–Crippen MR) is 71.5 cm³/mol. The highest BCUT2D eigenvalue weighted by Gasteiger charge is 2.37. The molecule has 5 heteroatoms. The Morgan fingerprint density at radius 1 is 1.24 bits per heavy atom. The van der Waals surface area contributed by atoms with Gasteiger partial charge in [0.05, 0.1) is 0 Å². The van der Waals surface area contributed by atoms with E-state index in [-0.39, 0.29) is 30.6 Å². The molecule has 0 spiro atoms. The monoisotopic (exact) mass is 278 g/mol. The number of fused-ring (bicyclic) bond motifs is 2. The van der Waals surface area contributed by atoms with Gasteiger partial charge in [0.25, 0.3) is 0 Å². The topological polar surface area (TPSA) is 15.3 Å². The molecule has 1 N–H and O–H groups in total. The van der Waals surface area contributed by atoms with Gasteiger partial charge in [0.15, 0.2) is 0 Å². The van der Waals surface area contributed by atoms with E-state index in [9.17, 15) is 4.39 Å². The third-order valence-electron chi connectivity index (χ3n) is 3.47. The molecule has 0 radical (unpaired) electrons. The zero-order chi connectivity index (χ0) is 10.3. The normalized spacial score (nSPS) is 26.4. The largest absolute Gasteiger partial charge is 0.311 e. The number of nitrogens with zero attached hydrogens (tertiary/aromatic N) is 1. The maximum absolute atomic E-state index is 12.7. The first-order valence-electron chi connectivity index (χ1n) is 5.53. The minimum atomic E-state index is -0.150. The van der Waals surface area contributed by atoms with Crippen molar-refractivity contribution in [1.82, 2.24) is 10.2 Å². The highest BCUT2D eigenvalue weighted by Crippen LogP contribution is 2.24. The van der Waals surface area contributed by atoms with Crippen LogP contribution in [-0.2, 0) is 6.54 Å². The number of hydrogen-bond acceptors (Lipinski definition) is 2. The lowest BCUT2D eigenvalue weighted by atomic mass is 10.2. The predicted octanol–water partition coefficient (Wildman–Crippen LogP) is 2.22. The average Bonchev–Trinajstić information content (AvgIpc) is 2.83. The summed E-state index contributed by atoms with van der Waals surface area (Å²) >= 11 is 0. The third kappa shape index (κ3) is 3.10. The zero-order valence-corrected chi connectivity index (χ0v) is 11.1. The van der Waals surface area contributed by atoms with E-state index < -0.39 is 0 Å². The van der Waals surface area contributed by atoms with Gasteiger partial charge in [0, 0.05) is 31.7 Å². The van der Waals surface area contributed by atoms with Crippen molar-refractivity contribution in [3.8, 4) is 0 Å². The summed E-state index contributed by atoms with van der Waals surface area (Å²) in [5.74, 6) is -0.150. The summed E-state index contributed by atoms with van der Waals surface area (Å²) in [7, 11) is 0. The van der Waals surface area contributed by atoms with Crippen LogP contribution in [0.25, 0.3) is 0 Å². The first kappa shape index (κ1) is 14.7. The van der Waals surface area contributed by atoms with Gasteiger partial charge in [0.2, 0.25) is 0 Å². The molecule has 3 rings (SSSR count). The molecule has 2 saturated heterocycles. The Bertz CT molecular complexity index is 358. The van der Waals surface area contributed by atoms with Crippen molar-refractivity contribution in [2.75, 3.05) is 13.1 Å². The van der Waals surface area contributed by atoms with Crippen LogP contribution in [0.15, 0.2) is 24.3 Å². The summed E-state index contributed by atoms with van der Waals surface area (Å²) in [4.78, 5) is 2.49. The van der Waals surface area contributed by atoms with E-state index >= 15 is 0 Å². The maximum Gasteiger partial charge on any atom is 0.123 e. The highest BCUT2D eigenvalue weighted by atomic mass is 35.5. The molecule has 1 aromatic rings. The van der Waals surface area contributed by atoms with E-state index in [4.69, 9.17) is 0 Å². The van der Waals surface area contributed by atoms with Gasteiger partial charge in [-0.3, -0.25) is 4.90 Å². The van der Waals surface area contributed by atoms with Crippen molar-refractivity contribution in [2.24, 2.45) is 0 Å². The molecule has 96 valence electrons. The fourth-order valence-electron chi connectivity index (χ4n) is 2.67. The van der Waals surface area contributed by atoms with Crippen molar-refractivity contribution in [1.29, 1.82) is 0 Å². The van der Waals surface area contributed by atoms with Gasteiger partial charge in [0.1, 0.15) is 5.82 Å². The standard InChI is InChI=1S/C12H15FN2.2ClH/c13-10-3-1-9(2-4-10)7-15-8-11-5-12(15)6-14-11;;/h1-4,11-12,14H,5-8H2;2*1H. The lowest BCUT2D eigenvalue weighted by molar-refractivity contribution is 0.218. The molecule has 0 saturated carbocycles. The molecule has 2 unspecified atom stereocenters. The Kier molecular flexibility index (Phi) is 5.20. The second-order valence-electron chi connectivity index (χ2n) is 4.55.